The molecule has 1 aromatic heterocycles. The summed E-state index contributed by atoms with van der Waals surface area (Å²) in [4.78, 5) is 16.5. The largest absolute Gasteiger partial charge is 0.491 e. The smallest absolute Gasteiger partial charge is 0.350 e. The Bertz CT molecular complexity index is 770. The fourth-order valence-electron chi connectivity index (χ4n) is 1.99. The third-order valence-corrected chi connectivity index (χ3v) is 4.63. The molecule has 25 heavy (non-hydrogen) atoms. The standard InChI is InChI=1S/C16H17Cl2N3O3S/c1-4-12-14(15(22)23-3)25-16(20-12)21-19-8-9-6-10(17)13(24-5-2)11(18)7-9/h6-8H,4-5H2,1-3H3,(H,20,21)/b19-8-. The molecule has 134 valence electrons. The molecular weight excluding hydrogens is 385 g/mol. The van der Waals surface area contributed by atoms with Crippen molar-refractivity contribution < 1.29 is 14.3 Å². The van der Waals surface area contributed by atoms with Gasteiger partial charge in [-0.1, -0.05) is 41.5 Å². The van der Waals surface area contributed by atoms with Gasteiger partial charge in [0.1, 0.15) is 4.88 Å². The summed E-state index contributed by atoms with van der Waals surface area (Å²) in [6, 6.07) is 3.39. The van der Waals surface area contributed by atoms with Gasteiger partial charge < -0.3 is 9.47 Å². The molecule has 0 aliphatic heterocycles. The number of thiazole rings is 1. The lowest BCUT2D eigenvalue weighted by Crippen LogP contribution is -2.01. The van der Waals surface area contributed by atoms with Crippen molar-refractivity contribution in [2.75, 3.05) is 19.1 Å². The van der Waals surface area contributed by atoms with E-state index in [9.17, 15) is 4.79 Å². The van der Waals surface area contributed by atoms with Crippen LogP contribution in [0, 0.1) is 0 Å². The highest BCUT2D eigenvalue weighted by molar-refractivity contribution is 7.17. The Morgan fingerprint density at radius 1 is 1.36 bits per heavy atom. The monoisotopic (exact) mass is 401 g/mol. The maximum atomic E-state index is 11.7. The fourth-order valence-corrected chi connectivity index (χ4v) is 3.52. The summed E-state index contributed by atoms with van der Waals surface area (Å²) in [5, 5.41) is 5.42. The van der Waals surface area contributed by atoms with E-state index in [2.05, 4.69) is 15.5 Å². The molecule has 0 bridgehead atoms. The number of ether oxygens (including phenoxy) is 2. The van der Waals surface area contributed by atoms with Gasteiger partial charge in [-0.2, -0.15) is 5.10 Å². The third kappa shape index (κ3) is 4.84. The number of carbonyl (C=O) groups is 1. The molecule has 0 saturated heterocycles. The maximum Gasteiger partial charge on any atom is 0.350 e. The molecular formula is C16H17Cl2N3O3S. The van der Waals surface area contributed by atoms with Crippen molar-refractivity contribution in [3.8, 4) is 5.75 Å². The lowest BCUT2D eigenvalue weighted by Gasteiger charge is -2.08. The summed E-state index contributed by atoms with van der Waals surface area (Å²) in [6.07, 6.45) is 2.18. The van der Waals surface area contributed by atoms with E-state index in [-0.39, 0.29) is 0 Å². The molecule has 0 unspecified atom stereocenters. The highest BCUT2D eigenvalue weighted by Gasteiger charge is 2.17. The number of halogens is 2. The van der Waals surface area contributed by atoms with Crippen molar-refractivity contribution in [3.63, 3.8) is 0 Å². The van der Waals surface area contributed by atoms with E-state index < -0.39 is 5.97 Å². The minimum absolute atomic E-state index is 0.406. The number of benzene rings is 1. The molecule has 1 aromatic carbocycles. The van der Waals surface area contributed by atoms with E-state index >= 15 is 0 Å². The van der Waals surface area contributed by atoms with Gasteiger partial charge in [0.25, 0.3) is 0 Å². The molecule has 0 saturated carbocycles. The molecule has 6 nitrogen and oxygen atoms in total. The topological polar surface area (TPSA) is 72.8 Å². The number of hydrogen-bond acceptors (Lipinski definition) is 7. The number of anilines is 1. The number of rotatable bonds is 7. The van der Waals surface area contributed by atoms with E-state index in [1.54, 1.807) is 18.3 Å². The van der Waals surface area contributed by atoms with Crippen LogP contribution in [0.5, 0.6) is 5.75 Å². The highest BCUT2D eigenvalue weighted by Crippen LogP contribution is 2.33. The predicted octanol–water partition coefficient (Wildman–Crippen LogP) is 4.64. The Morgan fingerprint density at radius 2 is 2.04 bits per heavy atom. The van der Waals surface area contributed by atoms with Crippen LogP contribution in [0.25, 0.3) is 0 Å². The van der Waals surface area contributed by atoms with Crippen LogP contribution in [-0.4, -0.2) is 30.9 Å². The normalized spacial score (nSPS) is 10.9. The van der Waals surface area contributed by atoms with Gasteiger partial charge >= 0.3 is 5.97 Å². The molecule has 2 rings (SSSR count). The third-order valence-electron chi connectivity index (χ3n) is 3.09. The molecule has 1 N–H and O–H groups in total. The van der Waals surface area contributed by atoms with Crippen LogP contribution in [0.3, 0.4) is 0 Å². The number of hydrogen-bond donors (Lipinski definition) is 1. The van der Waals surface area contributed by atoms with Gasteiger partial charge in [0, 0.05) is 0 Å². The Balaban J connectivity index is 2.13. The van der Waals surface area contributed by atoms with Crippen LogP contribution in [0.2, 0.25) is 10.0 Å². The average Bonchev–Trinajstić information content (AvgIpc) is 3.00. The molecule has 0 aliphatic carbocycles. The average molecular weight is 402 g/mol. The number of nitrogens with zero attached hydrogens (tertiary/aromatic N) is 2. The molecule has 0 aliphatic rings. The van der Waals surface area contributed by atoms with Crippen molar-refractivity contribution in [1.82, 2.24) is 4.98 Å². The second-order valence-corrected chi connectivity index (χ2v) is 6.57. The first-order chi connectivity index (χ1) is 12.0. The summed E-state index contributed by atoms with van der Waals surface area (Å²) in [6.45, 7) is 4.24. The van der Waals surface area contributed by atoms with Gasteiger partial charge in [0.15, 0.2) is 5.75 Å². The lowest BCUT2D eigenvalue weighted by atomic mass is 10.2. The number of esters is 1. The van der Waals surface area contributed by atoms with E-state index in [0.29, 0.717) is 50.1 Å². The van der Waals surface area contributed by atoms with Crippen LogP contribution in [0.1, 0.15) is 34.8 Å². The molecule has 2 aromatic rings. The molecule has 0 amide bonds. The zero-order valence-electron chi connectivity index (χ0n) is 13.9. The molecule has 0 atom stereocenters. The number of aryl methyl sites for hydroxylation is 1. The lowest BCUT2D eigenvalue weighted by molar-refractivity contribution is 0.0605. The van der Waals surface area contributed by atoms with Crippen LogP contribution >= 0.6 is 34.5 Å². The van der Waals surface area contributed by atoms with Gasteiger partial charge in [-0.3, -0.25) is 5.43 Å². The first kappa shape index (κ1) is 19.5. The van der Waals surface area contributed by atoms with E-state index in [0.717, 1.165) is 0 Å². The van der Waals surface area contributed by atoms with Gasteiger partial charge in [0.05, 0.1) is 35.7 Å². The van der Waals surface area contributed by atoms with Crippen molar-refractivity contribution >= 4 is 51.9 Å². The van der Waals surface area contributed by atoms with E-state index in [4.69, 9.17) is 32.7 Å². The molecule has 0 fully saturated rings. The molecule has 9 heteroatoms. The zero-order valence-corrected chi connectivity index (χ0v) is 16.3. The van der Waals surface area contributed by atoms with Crippen molar-refractivity contribution in [2.45, 2.75) is 20.3 Å². The zero-order chi connectivity index (χ0) is 18.4. The summed E-state index contributed by atoms with van der Waals surface area (Å²) in [5.41, 5.74) is 4.17. The predicted molar refractivity (Wildman–Crippen MR) is 102 cm³/mol. The van der Waals surface area contributed by atoms with Gasteiger partial charge in [-0.05, 0) is 31.0 Å². The minimum atomic E-state index is -0.406. The Morgan fingerprint density at radius 3 is 2.60 bits per heavy atom. The first-order valence-electron chi connectivity index (χ1n) is 7.49. The van der Waals surface area contributed by atoms with Gasteiger partial charge in [-0.15, -0.1) is 0 Å². The number of aromatic nitrogens is 1. The maximum absolute atomic E-state index is 11.7. The molecule has 0 spiro atoms. The Kier molecular flexibility index (Phi) is 7.04. The SMILES string of the molecule is CCOc1c(Cl)cc(/C=N\Nc2nc(CC)c(C(=O)OC)s2)cc1Cl. The van der Waals surface area contributed by atoms with Crippen molar-refractivity contribution in [2.24, 2.45) is 5.10 Å². The fraction of sp³-hybridized carbons (Fsp3) is 0.312. The van der Waals surface area contributed by atoms with Crippen LogP contribution < -0.4 is 10.2 Å². The quantitative estimate of drug-likeness (QED) is 0.415. The Hall–Kier alpha value is -1.83. The Labute approximate surface area is 159 Å². The van der Waals surface area contributed by atoms with Gasteiger partial charge in [-0.25, -0.2) is 9.78 Å². The molecule has 1 heterocycles. The van der Waals surface area contributed by atoms with Crippen LogP contribution in [0.4, 0.5) is 5.13 Å². The number of methoxy groups -OCH3 is 1. The van der Waals surface area contributed by atoms with Crippen molar-refractivity contribution in [1.29, 1.82) is 0 Å². The number of nitrogens with one attached hydrogen (secondary N) is 1. The second kappa shape index (κ2) is 9.03. The van der Waals surface area contributed by atoms with Crippen LogP contribution in [0.15, 0.2) is 17.2 Å². The molecule has 0 radical (unpaired) electrons. The highest BCUT2D eigenvalue weighted by atomic mass is 35.5. The number of hydrazone groups is 1. The van der Waals surface area contributed by atoms with Gasteiger partial charge in [0.2, 0.25) is 5.13 Å². The summed E-state index contributed by atoms with van der Waals surface area (Å²) < 4.78 is 10.1. The summed E-state index contributed by atoms with van der Waals surface area (Å²) in [5.74, 6) is 0.0441. The van der Waals surface area contributed by atoms with E-state index in [1.165, 1.54) is 18.4 Å². The second-order valence-electron chi connectivity index (χ2n) is 4.76. The summed E-state index contributed by atoms with van der Waals surface area (Å²) >= 11 is 13.5. The summed E-state index contributed by atoms with van der Waals surface area (Å²) in [7, 11) is 1.34. The van der Waals surface area contributed by atoms with Crippen LogP contribution in [-0.2, 0) is 11.2 Å². The first-order valence-corrected chi connectivity index (χ1v) is 9.06. The number of carbonyl (C=O) groups excluding carboxylic acids is 1. The minimum Gasteiger partial charge on any atom is -0.491 e. The van der Waals surface area contributed by atoms with Crippen molar-refractivity contribution in [3.05, 3.63) is 38.3 Å². The van der Waals surface area contributed by atoms with E-state index in [1.807, 2.05) is 13.8 Å².